The van der Waals surface area contributed by atoms with Crippen LogP contribution in [-0.4, -0.2) is 16.5 Å². The van der Waals surface area contributed by atoms with Crippen LogP contribution in [0.5, 0.6) is 0 Å². The molecule has 1 aromatic carbocycles. The standard InChI is InChI=1S/C13H15BrFN3/c1-2-16-12(8-13-17-5-6-18-13)9-3-4-10(14)11(15)7-9/h3-7,12,16H,2,8H2,1H3,(H,17,18). The molecule has 1 atom stereocenters. The van der Waals surface area contributed by atoms with Gasteiger partial charge in [-0.2, -0.15) is 0 Å². The van der Waals surface area contributed by atoms with E-state index in [1.165, 1.54) is 0 Å². The number of imidazole rings is 1. The van der Waals surface area contributed by atoms with E-state index in [4.69, 9.17) is 0 Å². The molecule has 2 aromatic rings. The molecule has 0 saturated heterocycles. The molecule has 1 aromatic heterocycles. The van der Waals surface area contributed by atoms with Crippen molar-refractivity contribution in [2.45, 2.75) is 19.4 Å². The normalized spacial score (nSPS) is 12.6. The molecule has 1 unspecified atom stereocenters. The maximum atomic E-state index is 13.6. The molecule has 0 radical (unpaired) electrons. The first-order chi connectivity index (χ1) is 8.70. The van der Waals surface area contributed by atoms with E-state index >= 15 is 0 Å². The Morgan fingerprint density at radius 2 is 2.33 bits per heavy atom. The van der Waals surface area contributed by atoms with Gasteiger partial charge < -0.3 is 10.3 Å². The molecular formula is C13H15BrFN3. The Kier molecular flexibility index (Phi) is 4.49. The van der Waals surface area contributed by atoms with Crippen LogP contribution in [-0.2, 0) is 6.42 Å². The second kappa shape index (κ2) is 6.11. The van der Waals surface area contributed by atoms with Crippen LogP contribution in [0.4, 0.5) is 4.39 Å². The molecule has 0 aliphatic rings. The fraction of sp³-hybridized carbons (Fsp3) is 0.308. The van der Waals surface area contributed by atoms with Gasteiger partial charge >= 0.3 is 0 Å². The summed E-state index contributed by atoms with van der Waals surface area (Å²) in [7, 11) is 0. The summed E-state index contributed by atoms with van der Waals surface area (Å²) in [6, 6.07) is 5.27. The van der Waals surface area contributed by atoms with Crippen molar-refractivity contribution in [3.63, 3.8) is 0 Å². The number of likely N-dealkylation sites (N-methyl/N-ethyl adjacent to an activating group) is 1. The Balaban J connectivity index is 2.20. The van der Waals surface area contributed by atoms with Crippen molar-refractivity contribution in [1.29, 1.82) is 0 Å². The highest BCUT2D eigenvalue weighted by molar-refractivity contribution is 9.10. The summed E-state index contributed by atoms with van der Waals surface area (Å²) < 4.78 is 14.0. The number of nitrogens with zero attached hydrogens (tertiary/aromatic N) is 1. The molecule has 96 valence electrons. The van der Waals surface area contributed by atoms with Gasteiger partial charge in [-0.1, -0.05) is 13.0 Å². The molecule has 0 aliphatic carbocycles. The Morgan fingerprint density at radius 1 is 1.50 bits per heavy atom. The number of halogens is 2. The van der Waals surface area contributed by atoms with Crippen LogP contribution in [0.1, 0.15) is 24.4 Å². The number of benzene rings is 1. The fourth-order valence-corrected chi connectivity index (χ4v) is 2.13. The van der Waals surface area contributed by atoms with E-state index in [1.807, 2.05) is 13.0 Å². The third-order valence-electron chi connectivity index (χ3n) is 2.75. The predicted molar refractivity (Wildman–Crippen MR) is 72.8 cm³/mol. The van der Waals surface area contributed by atoms with Crippen LogP contribution in [0.15, 0.2) is 35.1 Å². The lowest BCUT2D eigenvalue weighted by molar-refractivity contribution is 0.532. The molecule has 2 N–H and O–H groups in total. The van der Waals surface area contributed by atoms with Crippen LogP contribution in [0.2, 0.25) is 0 Å². The van der Waals surface area contributed by atoms with Crippen molar-refractivity contribution in [2.75, 3.05) is 6.54 Å². The quantitative estimate of drug-likeness (QED) is 0.890. The lowest BCUT2D eigenvalue weighted by Gasteiger charge is -2.17. The Hall–Kier alpha value is -1.20. The number of rotatable bonds is 5. The van der Waals surface area contributed by atoms with Crippen molar-refractivity contribution >= 4 is 15.9 Å². The van der Waals surface area contributed by atoms with Crippen LogP contribution in [0.3, 0.4) is 0 Å². The zero-order valence-corrected chi connectivity index (χ0v) is 11.7. The van der Waals surface area contributed by atoms with E-state index in [0.717, 1.165) is 17.9 Å². The molecule has 3 nitrogen and oxygen atoms in total. The summed E-state index contributed by atoms with van der Waals surface area (Å²) in [4.78, 5) is 7.27. The molecule has 2 rings (SSSR count). The Bertz CT molecular complexity index is 499. The van der Waals surface area contributed by atoms with E-state index in [0.29, 0.717) is 10.9 Å². The summed E-state index contributed by atoms with van der Waals surface area (Å²) in [6.45, 7) is 2.85. The van der Waals surface area contributed by atoms with Crippen LogP contribution < -0.4 is 5.32 Å². The van der Waals surface area contributed by atoms with Gasteiger partial charge in [0.05, 0.1) is 4.47 Å². The second-order valence-electron chi connectivity index (χ2n) is 4.02. The van der Waals surface area contributed by atoms with E-state index < -0.39 is 0 Å². The van der Waals surface area contributed by atoms with Crippen molar-refractivity contribution in [3.05, 3.63) is 52.3 Å². The molecule has 18 heavy (non-hydrogen) atoms. The van der Waals surface area contributed by atoms with Gasteiger partial charge in [-0.05, 0) is 40.2 Å². The Morgan fingerprint density at radius 3 is 2.94 bits per heavy atom. The second-order valence-corrected chi connectivity index (χ2v) is 4.88. The maximum Gasteiger partial charge on any atom is 0.137 e. The monoisotopic (exact) mass is 311 g/mol. The molecule has 0 spiro atoms. The van der Waals surface area contributed by atoms with Gasteiger partial charge in [-0.25, -0.2) is 9.37 Å². The lowest BCUT2D eigenvalue weighted by atomic mass is 10.0. The molecule has 0 fully saturated rings. The first-order valence-corrected chi connectivity index (χ1v) is 6.66. The van der Waals surface area contributed by atoms with Gasteiger partial charge in [0, 0.05) is 24.9 Å². The zero-order valence-electron chi connectivity index (χ0n) is 10.1. The number of H-pyrrole nitrogens is 1. The van der Waals surface area contributed by atoms with Gasteiger partial charge in [-0.3, -0.25) is 0 Å². The van der Waals surface area contributed by atoms with Gasteiger partial charge in [0.1, 0.15) is 11.6 Å². The molecule has 0 saturated carbocycles. The minimum absolute atomic E-state index is 0.0590. The minimum atomic E-state index is -0.241. The highest BCUT2D eigenvalue weighted by Gasteiger charge is 2.14. The number of aromatic nitrogens is 2. The SMILES string of the molecule is CCNC(Cc1ncc[nH]1)c1ccc(Br)c(F)c1. The summed E-state index contributed by atoms with van der Waals surface area (Å²) >= 11 is 3.16. The molecule has 5 heteroatoms. The lowest BCUT2D eigenvalue weighted by Crippen LogP contribution is -2.23. The third kappa shape index (κ3) is 3.17. The molecule has 1 heterocycles. The van der Waals surface area contributed by atoms with Crippen molar-refractivity contribution in [1.82, 2.24) is 15.3 Å². The largest absolute Gasteiger partial charge is 0.349 e. The summed E-state index contributed by atoms with van der Waals surface area (Å²) in [5.74, 6) is 0.652. The average molecular weight is 312 g/mol. The highest BCUT2D eigenvalue weighted by Crippen LogP contribution is 2.22. The third-order valence-corrected chi connectivity index (χ3v) is 3.39. The van der Waals surface area contributed by atoms with E-state index in [2.05, 4.69) is 31.2 Å². The summed E-state index contributed by atoms with van der Waals surface area (Å²) in [6.07, 6.45) is 4.23. The van der Waals surface area contributed by atoms with Crippen molar-refractivity contribution in [3.8, 4) is 0 Å². The number of aromatic amines is 1. The topological polar surface area (TPSA) is 40.7 Å². The zero-order chi connectivity index (χ0) is 13.0. The van der Waals surface area contributed by atoms with Crippen LogP contribution >= 0.6 is 15.9 Å². The molecule has 0 amide bonds. The first kappa shape index (κ1) is 13.2. The number of nitrogens with one attached hydrogen (secondary N) is 2. The first-order valence-electron chi connectivity index (χ1n) is 5.87. The summed E-state index contributed by atoms with van der Waals surface area (Å²) in [5, 5.41) is 3.34. The van der Waals surface area contributed by atoms with E-state index in [-0.39, 0.29) is 11.9 Å². The molecule has 0 bridgehead atoms. The maximum absolute atomic E-state index is 13.6. The van der Waals surface area contributed by atoms with Gasteiger partial charge in [0.25, 0.3) is 0 Å². The average Bonchev–Trinajstić information content (AvgIpc) is 2.85. The Labute approximate surface area is 114 Å². The summed E-state index contributed by atoms with van der Waals surface area (Å²) in [5.41, 5.74) is 0.925. The minimum Gasteiger partial charge on any atom is -0.349 e. The number of hydrogen-bond acceptors (Lipinski definition) is 2. The predicted octanol–water partition coefficient (Wildman–Crippen LogP) is 3.20. The van der Waals surface area contributed by atoms with Gasteiger partial charge in [0.2, 0.25) is 0 Å². The van der Waals surface area contributed by atoms with Gasteiger partial charge in [0.15, 0.2) is 0 Å². The van der Waals surface area contributed by atoms with E-state index in [1.54, 1.807) is 24.5 Å². The molecular weight excluding hydrogens is 297 g/mol. The smallest absolute Gasteiger partial charge is 0.137 e. The van der Waals surface area contributed by atoms with Crippen molar-refractivity contribution in [2.24, 2.45) is 0 Å². The van der Waals surface area contributed by atoms with Crippen LogP contribution in [0.25, 0.3) is 0 Å². The van der Waals surface area contributed by atoms with E-state index in [9.17, 15) is 4.39 Å². The highest BCUT2D eigenvalue weighted by atomic mass is 79.9. The van der Waals surface area contributed by atoms with Gasteiger partial charge in [-0.15, -0.1) is 0 Å². The fourth-order valence-electron chi connectivity index (χ4n) is 1.89. The van der Waals surface area contributed by atoms with Crippen molar-refractivity contribution < 1.29 is 4.39 Å². The molecule has 0 aliphatic heterocycles. The van der Waals surface area contributed by atoms with Crippen LogP contribution in [0, 0.1) is 5.82 Å². The number of hydrogen-bond donors (Lipinski definition) is 2.